The molecular weight excluding hydrogens is 280 g/mol. The van der Waals surface area contributed by atoms with Crippen molar-refractivity contribution in [2.75, 3.05) is 0 Å². The first kappa shape index (κ1) is 6.40. The van der Waals surface area contributed by atoms with E-state index in [-0.39, 0.29) is 0 Å². The van der Waals surface area contributed by atoms with Gasteiger partial charge >= 0.3 is 36.1 Å². The minimum absolute atomic E-state index is 1.06. The topological polar surface area (TPSA) is 0 Å². The van der Waals surface area contributed by atoms with Gasteiger partial charge in [0, 0.05) is 0 Å². The fourth-order valence-corrected chi connectivity index (χ4v) is 0. The van der Waals surface area contributed by atoms with Crippen LogP contribution in [0.4, 0.5) is 0 Å². The molecule has 0 aromatic carbocycles. The molecule has 0 spiro atoms. The van der Waals surface area contributed by atoms with Crippen molar-refractivity contribution in [1.29, 1.82) is 0.101 Å². The zero-order valence-corrected chi connectivity index (χ0v) is 8.40. The summed E-state index contributed by atoms with van der Waals surface area (Å²) in [5.74, 6) is 0. The van der Waals surface area contributed by atoms with Gasteiger partial charge in [0.1, 0.15) is 0 Å². The molecule has 0 aliphatic heterocycles. The molecule has 0 amide bonds. The number of halogens is 1. The maximum Gasteiger partial charge on any atom is -0.287 e. The summed E-state index contributed by atoms with van der Waals surface area (Å²) >= 11 is 0.677. The standard InChI is InChI=1S/IS.S.Y.H/c1-2;;;/q-1;;;/i;;;1+1. The second-order valence-electron chi connectivity index (χ2n) is 0. The molecule has 0 N–H and O–H groups in total. The summed E-state index contributed by atoms with van der Waals surface area (Å²) in [6.45, 7) is 0. The minimum atomic E-state index is -1.06. The van der Waals surface area contributed by atoms with Crippen LogP contribution in [0.3, 0.4) is 0 Å². The molecule has 0 aliphatic rings. The third kappa shape index (κ3) is 8.83. The average molecular weight is 282 g/mol. The van der Waals surface area contributed by atoms with Crippen LogP contribution in [0.5, 0.6) is 0 Å². The van der Waals surface area contributed by atoms with E-state index < -0.39 is 28.4 Å². The van der Waals surface area contributed by atoms with Crippen molar-refractivity contribution < 1.29 is 28.4 Å². The third-order valence-corrected chi connectivity index (χ3v) is 0. The smallest absolute Gasteiger partial charge is 0.287 e. The molecule has 0 aliphatic carbocycles. The van der Waals surface area contributed by atoms with E-state index in [1.165, 1.54) is 0 Å². The Kier molecular flexibility index (Phi) is 29.0. The van der Waals surface area contributed by atoms with Crippen molar-refractivity contribution in [3.05, 3.63) is 0 Å². The maximum atomic E-state index is 6.21. The van der Waals surface area contributed by atoms with Gasteiger partial charge in [-0.3, -0.25) is 21.2 Å². The third-order valence-electron chi connectivity index (χ3n) is 0. The second kappa shape index (κ2) is 18.1. The Balaban J connectivity index is 0. The Morgan fingerprint density at radius 1 is 2.25 bits per heavy atom. The molecule has 0 rings (SSSR count). The van der Waals surface area contributed by atoms with Crippen LogP contribution in [0.25, 0.3) is 0 Å². The molecule has 0 aromatic rings. The fourth-order valence-electron chi connectivity index (χ4n) is 0. The molecule has 0 saturated heterocycles. The molecular formula is HIS2Y-. The Labute approximate surface area is 65.8 Å². The van der Waals surface area contributed by atoms with Crippen LogP contribution in [0.2, 0.25) is 0 Å². The first-order chi connectivity index (χ1) is 2.41. The summed E-state index contributed by atoms with van der Waals surface area (Å²) in [5.41, 5.74) is 0. The largest absolute Gasteiger partial charge is 0.713 e. The molecule has 0 heterocycles. The molecule has 0 saturated carbocycles. The van der Waals surface area contributed by atoms with Crippen molar-refractivity contribution in [2.45, 2.75) is 0 Å². The number of rotatable bonds is 0. The predicted molar refractivity (Wildman–Crippen MR) is 30.4 cm³/mol. The average Bonchev–Trinajstić information content (AvgIpc) is 1.46. The first-order valence-corrected chi connectivity index (χ1v) is 7.29. The van der Waals surface area contributed by atoms with Crippen molar-refractivity contribution in [3.8, 4) is 0 Å². The van der Waals surface area contributed by atoms with Gasteiger partial charge in [0.25, 0.3) is 0 Å². The van der Waals surface area contributed by atoms with E-state index in [0.717, 1.165) is 0 Å². The first-order valence-electron chi connectivity index (χ1n) is 0.967. The van der Waals surface area contributed by atoms with Crippen molar-refractivity contribution in [1.82, 2.24) is 0 Å². The normalized spacial score (nSPS) is 4.00. The summed E-state index contributed by atoms with van der Waals surface area (Å²) in [6, 6.07) is 0. The molecule has 0 unspecified atom stereocenters. The minimum Gasteiger partial charge on any atom is -0.713 e. The van der Waals surface area contributed by atoms with Crippen LogP contribution in [-0.2, 0) is 38.2 Å². The van der Waals surface area contributed by atoms with Crippen molar-refractivity contribution in [3.63, 3.8) is 0 Å². The van der Waals surface area contributed by atoms with E-state index in [0.29, 0.717) is 0 Å². The quantitative estimate of drug-likeness (QED) is 0.484. The summed E-state index contributed by atoms with van der Waals surface area (Å²) in [6.07, 6.45) is 0. The monoisotopic (exact) mass is 282 g/mol. The van der Waals surface area contributed by atoms with Crippen LogP contribution in [0, 0.1) is 0 Å². The van der Waals surface area contributed by atoms with E-state index >= 15 is 0 Å². The van der Waals surface area contributed by atoms with Gasteiger partial charge in [0.15, 0.2) is 0 Å². The van der Waals surface area contributed by atoms with Gasteiger partial charge in [-0.2, -0.15) is 0 Å². The van der Waals surface area contributed by atoms with Crippen LogP contribution in [-0.4, -0.2) is 0.101 Å². The number of hydrogen-bond donors (Lipinski definition) is 0. The zero-order chi connectivity index (χ0) is 4.71. The van der Waals surface area contributed by atoms with Crippen LogP contribution >= 0.6 is 28.8 Å². The van der Waals surface area contributed by atoms with E-state index in [1.54, 1.807) is 21.2 Å². The molecule has 0 aromatic heterocycles. The van der Waals surface area contributed by atoms with E-state index in [9.17, 15) is 0 Å². The van der Waals surface area contributed by atoms with E-state index in [1.807, 2.05) is 0 Å². The molecule has 4 heteroatoms. The fraction of sp³-hybridized carbons (Fsp3) is 0. The van der Waals surface area contributed by atoms with Gasteiger partial charge in [0.2, 0.25) is 0 Å². The Hall–Kier alpha value is 2.40. The molecule has 4 heavy (non-hydrogen) atoms. The Bertz CT molecular complexity index is 17.1. The van der Waals surface area contributed by atoms with Crippen molar-refractivity contribution >= 4 is 38.6 Å². The summed E-state index contributed by atoms with van der Waals surface area (Å²) in [4.78, 5) is 0. The molecule has 0 atom stereocenters. The van der Waals surface area contributed by atoms with Crippen LogP contribution in [0.15, 0.2) is 0 Å². The van der Waals surface area contributed by atoms with Crippen LogP contribution in [0.1, 0.15) is 0 Å². The van der Waals surface area contributed by atoms with Gasteiger partial charge in [-0.05, 0) is 0 Å². The molecule has 0 bridgehead atoms. The van der Waals surface area contributed by atoms with E-state index in [2.05, 4.69) is 17.4 Å². The summed E-state index contributed by atoms with van der Waals surface area (Å²) in [7, 11) is 8.30. The van der Waals surface area contributed by atoms with Gasteiger partial charge in [-0.25, -0.2) is 0 Å². The van der Waals surface area contributed by atoms with Crippen molar-refractivity contribution in [2.24, 2.45) is 0 Å². The number of hydrogen-bond acceptors (Lipinski definition) is 2. The molecule has 0 fully saturated rings. The zero-order valence-electron chi connectivity index (χ0n) is 2.77. The van der Waals surface area contributed by atoms with Gasteiger partial charge in [-0.15, -0.1) is 0 Å². The van der Waals surface area contributed by atoms with Gasteiger partial charge in [-0.1, -0.05) is 0 Å². The predicted octanol–water partition coefficient (Wildman–Crippen LogP) is 1.26. The maximum absolute atomic E-state index is 6.21. The van der Waals surface area contributed by atoms with E-state index in [4.69, 9.17) is 0.101 Å². The SMILES string of the molecule is [2H][Y]=[S].[S-]I. The Morgan fingerprint density at radius 2 is 2.25 bits per heavy atom. The van der Waals surface area contributed by atoms with Gasteiger partial charge in [0.05, 0.1) is 0 Å². The second-order valence-corrected chi connectivity index (χ2v) is 0. The summed E-state index contributed by atoms with van der Waals surface area (Å²) in [5, 5.41) is 0. The molecule has 24 valence electrons. The molecule has 0 nitrogen and oxygen atoms in total. The van der Waals surface area contributed by atoms with Crippen LogP contribution < -0.4 is 0 Å². The van der Waals surface area contributed by atoms with Gasteiger partial charge < -0.3 is 9.80 Å². The summed E-state index contributed by atoms with van der Waals surface area (Å²) < 4.78 is 6.21. The molecule has 0 radical (unpaired) electrons. The Morgan fingerprint density at radius 3 is 2.25 bits per heavy atom.